The van der Waals surface area contributed by atoms with Gasteiger partial charge in [-0.3, -0.25) is 4.90 Å². The van der Waals surface area contributed by atoms with Crippen molar-refractivity contribution in [1.82, 2.24) is 19.5 Å². The molecule has 0 atom stereocenters. The third-order valence-corrected chi connectivity index (χ3v) is 5.26. The van der Waals surface area contributed by atoms with E-state index < -0.39 is 11.7 Å². The van der Waals surface area contributed by atoms with Crippen LogP contribution in [0.2, 0.25) is 0 Å². The average Bonchev–Trinajstić information content (AvgIpc) is 3.12. The van der Waals surface area contributed by atoms with Crippen molar-refractivity contribution >= 4 is 17.3 Å². The molecule has 9 heteroatoms. The minimum Gasteiger partial charge on any atom is -0.396 e. The van der Waals surface area contributed by atoms with E-state index >= 15 is 0 Å². The fourth-order valence-electron chi connectivity index (χ4n) is 3.56. The molecule has 0 unspecified atom stereocenters. The highest BCUT2D eigenvalue weighted by molar-refractivity contribution is 5.56. The monoisotopic (exact) mass is 405 g/mol. The summed E-state index contributed by atoms with van der Waals surface area (Å²) in [5.74, 6) is 0.712. The minimum atomic E-state index is -4.36. The first-order valence-electron chi connectivity index (χ1n) is 9.54. The van der Waals surface area contributed by atoms with Crippen LogP contribution in [0.5, 0.6) is 0 Å². The summed E-state index contributed by atoms with van der Waals surface area (Å²) in [4.78, 5) is 6.75. The van der Waals surface area contributed by atoms with E-state index in [9.17, 15) is 18.3 Å². The van der Waals surface area contributed by atoms with Crippen molar-refractivity contribution in [3.05, 3.63) is 53.7 Å². The Balaban J connectivity index is 1.49. The van der Waals surface area contributed by atoms with E-state index in [1.165, 1.54) is 12.1 Å². The van der Waals surface area contributed by atoms with Crippen LogP contribution in [-0.4, -0.2) is 44.3 Å². The number of piperidine rings is 1. The van der Waals surface area contributed by atoms with Gasteiger partial charge >= 0.3 is 6.18 Å². The third kappa shape index (κ3) is 4.51. The van der Waals surface area contributed by atoms with Crippen molar-refractivity contribution in [2.75, 3.05) is 25.0 Å². The highest BCUT2D eigenvalue weighted by Crippen LogP contribution is 2.30. The maximum Gasteiger partial charge on any atom is 0.416 e. The number of nitrogens with one attached hydrogen (secondary N) is 1. The first-order chi connectivity index (χ1) is 13.9. The Morgan fingerprint density at radius 1 is 1.07 bits per heavy atom. The number of fused-ring (bicyclic) bond motifs is 1. The summed E-state index contributed by atoms with van der Waals surface area (Å²) in [5, 5.41) is 16.7. The van der Waals surface area contributed by atoms with Gasteiger partial charge in [0.05, 0.1) is 11.3 Å². The van der Waals surface area contributed by atoms with Gasteiger partial charge in [-0.05, 0) is 68.2 Å². The zero-order valence-electron chi connectivity index (χ0n) is 15.7. The maximum absolute atomic E-state index is 12.7. The highest BCUT2D eigenvalue weighted by atomic mass is 19.4. The Bertz CT molecular complexity index is 962. The normalized spacial score (nSPS) is 16.4. The Hall–Kier alpha value is -2.65. The molecule has 1 aliphatic heterocycles. The summed E-state index contributed by atoms with van der Waals surface area (Å²) in [5.41, 5.74) is 1.44. The lowest BCUT2D eigenvalue weighted by molar-refractivity contribution is -0.137. The number of aliphatic hydroxyl groups is 1. The average molecular weight is 405 g/mol. The summed E-state index contributed by atoms with van der Waals surface area (Å²) in [6.45, 7) is 2.81. The van der Waals surface area contributed by atoms with Gasteiger partial charge in [0.1, 0.15) is 0 Å². The molecule has 1 aliphatic rings. The Morgan fingerprint density at radius 3 is 2.45 bits per heavy atom. The third-order valence-electron chi connectivity index (χ3n) is 5.26. The van der Waals surface area contributed by atoms with Crippen molar-refractivity contribution in [2.24, 2.45) is 5.92 Å². The van der Waals surface area contributed by atoms with Gasteiger partial charge in [0.2, 0.25) is 5.95 Å². The molecule has 3 heterocycles. The molecular weight excluding hydrogens is 383 g/mol. The molecule has 0 radical (unpaired) electrons. The fraction of sp³-hybridized carbons (Fsp3) is 0.400. The molecule has 0 saturated carbocycles. The van der Waals surface area contributed by atoms with Crippen LogP contribution >= 0.6 is 0 Å². The molecule has 0 aliphatic carbocycles. The second kappa shape index (κ2) is 8.00. The van der Waals surface area contributed by atoms with E-state index in [-0.39, 0.29) is 6.61 Å². The zero-order valence-corrected chi connectivity index (χ0v) is 15.7. The van der Waals surface area contributed by atoms with Gasteiger partial charge in [-0.15, -0.1) is 5.10 Å². The van der Waals surface area contributed by atoms with Gasteiger partial charge < -0.3 is 10.4 Å². The standard InChI is InChI=1S/C20H22F3N5O/c21-20(22,23)15-4-6-16(7-5-15)24-19-25-18-3-1-2-17(28(18)26-19)12-27-10-8-14(13-29)9-11-27/h1-7,14,29H,8-13H2,(H,24,26). The van der Waals surface area contributed by atoms with E-state index in [0.717, 1.165) is 50.3 Å². The van der Waals surface area contributed by atoms with Crippen LogP contribution in [0.25, 0.3) is 5.65 Å². The largest absolute Gasteiger partial charge is 0.416 e. The minimum absolute atomic E-state index is 0.242. The predicted molar refractivity (Wildman–Crippen MR) is 103 cm³/mol. The maximum atomic E-state index is 12.7. The Labute approximate surface area is 166 Å². The van der Waals surface area contributed by atoms with Crippen LogP contribution in [0.4, 0.5) is 24.8 Å². The molecule has 1 saturated heterocycles. The van der Waals surface area contributed by atoms with E-state index in [1.807, 2.05) is 18.2 Å². The smallest absolute Gasteiger partial charge is 0.396 e. The summed E-state index contributed by atoms with van der Waals surface area (Å²) >= 11 is 0. The number of aliphatic hydroxyl groups excluding tert-OH is 1. The number of alkyl halides is 3. The Kier molecular flexibility index (Phi) is 5.42. The number of pyridine rings is 1. The van der Waals surface area contributed by atoms with Gasteiger partial charge in [0.15, 0.2) is 5.65 Å². The Morgan fingerprint density at radius 2 is 1.79 bits per heavy atom. The number of benzene rings is 1. The lowest BCUT2D eigenvalue weighted by Gasteiger charge is -2.30. The SMILES string of the molecule is OCC1CCN(Cc2cccc3nc(Nc4ccc(C(F)(F)F)cc4)nn23)CC1. The molecule has 2 aromatic heterocycles. The molecule has 3 aromatic rings. The summed E-state index contributed by atoms with van der Waals surface area (Å²) < 4.78 is 39.9. The number of hydrogen-bond acceptors (Lipinski definition) is 5. The van der Waals surface area contributed by atoms with Crippen LogP contribution in [-0.2, 0) is 12.7 Å². The molecule has 1 aromatic carbocycles. The van der Waals surface area contributed by atoms with Crippen molar-refractivity contribution in [1.29, 1.82) is 0 Å². The van der Waals surface area contributed by atoms with Crippen LogP contribution in [0.3, 0.4) is 0 Å². The van der Waals surface area contributed by atoms with Gasteiger partial charge in [-0.2, -0.15) is 18.2 Å². The highest BCUT2D eigenvalue weighted by Gasteiger charge is 2.30. The summed E-state index contributed by atoms with van der Waals surface area (Å²) in [7, 11) is 0. The molecule has 2 N–H and O–H groups in total. The van der Waals surface area contributed by atoms with E-state index in [0.29, 0.717) is 23.2 Å². The molecule has 0 amide bonds. The molecule has 1 fully saturated rings. The topological polar surface area (TPSA) is 65.7 Å². The zero-order chi connectivity index (χ0) is 20.4. The fourth-order valence-corrected chi connectivity index (χ4v) is 3.56. The van der Waals surface area contributed by atoms with Crippen molar-refractivity contribution in [2.45, 2.75) is 25.6 Å². The number of hydrogen-bond donors (Lipinski definition) is 2. The molecule has 4 rings (SSSR count). The van der Waals surface area contributed by atoms with Crippen molar-refractivity contribution in [3.8, 4) is 0 Å². The second-order valence-corrected chi connectivity index (χ2v) is 7.32. The van der Waals surface area contributed by atoms with Crippen LogP contribution in [0, 0.1) is 5.92 Å². The van der Waals surface area contributed by atoms with Gasteiger partial charge in [0.25, 0.3) is 0 Å². The first kappa shape index (κ1) is 19.7. The van der Waals surface area contributed by atoms with Crippen molar-refractivity contribution in [3.63, 3.8) is 0 Å². The van der Waals surface area contributed by atoms with Crippen molar-refractivity contribution < 1.29 is 18.3 Å². The molecule has 6 nitrogen and oxygen atoms in total. The summed E-state index contributed by atoms with van der Waals surface area (Å²) in [6.07, 6.45) is -2.41. The van der Waals surface area contributed by atoms with E-state index in [2.05, 4.69) is 20.3 Å². The van der Waals surface area contributed by atoms with Crippen LogP contribution in [0.15, 0.2) is 42.5 Å². The molecule has 0 bridgehead atoms. The van der Waals surface area contributed by atoms with Gasteiger partial charge in [-0.25, -0.2) is 4.52 Å². The molecule has 29 heavy (non-hydrogen) atoms. The van der Waals surface area contributed by atoms with E-state index in [4.69, 9.17) is 0 Å². The van der Waals surface area contributed by atoms with E-state index in [1.54, 1.807) is 4.52 Å². The lowest BCUT2D eigenvalue weighted by Crippen LogP contribution is -2.34. The second-order valence-electron chi connectivity index (χ2n) is 7.32. The molecule has 154 valence electrons. The number of anilines is 2. The quantitative estimate of drug-likeness (QED) is 0.678. The number of nitrogens with zero attached hydrogens (tertiary/aromatic N) is 4. The number of halogens is 3. The first-order valence-corrected chi connectivity index (χ1v) is 9.54. The summed E-state index contributed by atoms with van der Waals surface area (Å²) in [6, 6.07) is 10.5. The number of likely N-dealkylation sites (tertiary alicyclic amines) is 1. The van der Waals surface area contributed by atoms with Crippen LogP contribution in [0.1, 0.15) is 24.1 Å². The van der Waals surface area contributed by atoms with Crippen LogP contribution < -0.4 is 5.32 Å². The molecular formula is C20H22F3N5O. The number of rotatable bonds is 5. The van der Waals surface area contributed by atoms with Gasteiger partial charge in [-0.1, -0.05) is 6.07 Å². The van der Waals surface area contributed by atoms with Gasteiger partial charge in [0, 0.05) is 18.8 Å². The predicted octanol–water partition coefficient (Wildman–Crippen LogP) is 3.70. The number of aromatic nitrogens is 3. The lowest BCUT2D eigenvalue weighted by atomic mass is 9.98. The molecule has 0 spiro atoms.